The molecule has 7 heteroatoms. The maximum absolute atomic E-state index is 11.2. The van der Waals surface area contributed by atoms with Gasteiger partial charge in [-0.1, -0.05) is 81.7 Å². The lowest BCUT2D eigenvalue weighted by atomic mass is 9.73. The van der Waals surface area contributed by atoms with Crippen molar-refractivity contribution in [2.24, 2.45) is 5.92 Å². The van der Waals surface area contributed by atoms with E-state index in [1.54, 1.807) is 0 Å². The van der Waals surface area contributed by atoms with Crippen molar-refractivity contribution in [3.63, 3.8) is 0 Å². The van der Waals surface area contributed by atoms with Crippen LogP contribution < -0.4 is 4.74 Å². The number of phenols is 1. The number of hydrogen-bond acceptors (Lipinski definition) is 5. The molecule has 6 nitrogen and oxygen atoms in total. The lowest BCUT2D eigenvalue weighted by molar-refractivity contribution is 0.419. The van der Waals surface area contributed by atoms with Gasteiger partial charge in [-0.3, -0.25) is 10.5 Å². The number of halogens is 1. The molecule has 3 aromatic rings. The van der Waals surface area contributed by atoms with Crippen molar-refractivity contribution < 1.29 is 9.84 Å². The smallest absolute Gasteiger partial charge is 0.244 e. The topological polar surface area (TPSA) is 106 Å². The lowest BCUT2D eigenvalue weighted by Crippen LogP contribution is -2.31. The summed E-state index contributed by atoms with van der Waals surface area (Å²) < 4.78 is 6.65. The first kappa shape index (κ1) is 24.0. The third-order valence-corrected chi connectivity index (χ3v) is 6.81. The van der Waals surface area contributed by atoms with Gasteiger partial charge in [-0.15, -0.1) is 5.10 Å². The van der Waals surface area contributed by atoms with E-state index in [0.717, 1.165) is 38.0 Å². The first-order chi connectivity index (χ1) is 15.8. The third kappa shape index (κ3) is 4.12. The van der Waals surface area contributed by atoms with Crippen molar-refractivity contribution in [2.45, 2.75) is 58.3 Å². The fourth-order valence-corrected chi connectivity index (χ4v) is 4.76. The molecule has 1 aliphatic rings. The molecule has 2 atom stereocenters. The van der Waals surface area contributed by atoms with Crippen LogP contribution in [0.15, 0.2) is 40.9 Å². The zero-order valence-corrected chi connectivity index (χ0v) is 21.8. The maximum Gasteiger partial charge on any atom is 0.244 e. The van der Waals surface area contributed by atoms with Crippen molar-refractivity contribution >= 4 is 21.8 Å². The SMILES string of the molecule is CC(C)(C)c1cc(C2c3c(n[nH]c3-c3ccc(Br)cc3)OC(=N)C2C#N)cc(C(C)(C)C)c1O. The van der Waals surface area contributed by atoms with Crippen LogP contribution in [0, 0.1) is 22.7 Å². The van der Waals surface area contributed by atoms with Crippen LogP contribution in [0.25, 0.3) is 11.3 Å². The van der Waals surface area contributed by atoms with Crippen LogP contribution in [0.5, 0.6) is 11.6 Å². The van der Waals surface area contributed by atoms with Crippen LogP contribution in [0.2, 0.25) is 0 Å². The van der Waals surface area contributed by atoms with Gasteiger partial charge < -0.3 is 9.84 Å². The van der Waals surface area contributed by atoms with E-state index in [1.165, 1.54) is 0 Å². The summed E-state index contributed by atoms with van der Waals surface area (Å²) in [5.41, 5.74) is 4.22. The van der Waals surface area contributed by atoms with Crippen LogP contribution in [-0.2, 0) is 10.8 Å². The van der Waals surface area contributed by atoms with Gasteiger partial charge in [-0.05, 0) is 39.7 Å². The molecule has 2 aromatic carbocycles. The Morgan fingerprint density at radius 1 is 1.06 bits per heavy atom. The molecule has 0 fully saturated rings. The minimum Gasteiger partial charge on any atom is -0.507 e. The average molecular weight is 521 g/mol. The maximum atomic E-state index is 11.2. The number of ether oxygens (including phenoxy) is 1. The Labute approximate surface area is 208 Å². The summed E-state index contributed by atoms with van der Waals surface area (Å²) in [6.07, 6.45) is 0. The highest BCUT2D eigenvalue weighted by Gasteiger charge is 2.42. The summed E-state index contributed by atoms with van der Waals surface area (Å²) in [6, 6.07) is 14.1. The van der Waals surface area contributed by atoms with Gasteiger partial charge in [-0.25, -0.2) is 0 Å². The molecule has 3 N–H and O–H groups in total. The monoisotopic (exact) mass is 520 g/mol. The number of benzene rings is 2. The summed E-state index contributed by atoms with van der Waals surface area (Å²) in [5, 5.41) is 37.2. The number of aromatic nitrogens is 2. The summed E-state index contributed by atoms with van der Waals surface area (Å²) in [4.78, 5) is 0. The number of phenolic OH excluding ortho intramolecular Hbond substituents is 1. The number of hydrogen-bond donors (Lipinski definition) is 3. The first-order valence-corrected chi connectivity index (χ1v) is 12.0. The molecule has 0 amide bonds. The minimum absolute atomic E-state index is 0.128. The number of nitrogens with one attached hydrogen (secondary N) is 2. The number of H-pyrrole nitrogens is 1. The predicted molar refractivity (Wildman–Crippen MR) is 137 cm³/mol. The molecular weight excluding hydrogens is 492 g/mol. The zero-order valence-electron chi connectivity index (χ0n) is 20.2. The molecule has 0 bridgehead atoms. The van der Waals surface area contributed by atoms with Crippen molar-refractivity contribution in [3.8, 4) is 29.0 Å². The Hall–Kier alpha value is -3.11. The van der Waals surface area contributed by atoms with Gasteiger partial charge in [0.25, 0.3) is 0 Å². The summed E-state index contributed by atoms with van der Waals surface area (Å²) in [6.45, 7) is 12.3. The molecule has 2 unspecified atom stereocenters. The fraction of sp³-hybridized carbons (Fsp3) is 0.370. The van der Waals surface area contributed by atoms with E-state index >= 15 is 0 Å². The normalized spacial score (nSPS) is 18.2. The van der Waals surface area contributed by atoms with E-state index in [9.17, 15) is 10.4 Å². The van der Waals surface area contributed by atoms with E-state index in [-0.39, 0.29) is 22.5 Å². The number of aromatic amines is 1. The van der Waals surface area contributed by atoms with Crippen LogP contribution in [0.1, 0.15) is 69.7 Å². The van der Waals surface area contributed by atoms with Gasteiger partial charge in [0.2, 0.25) is 11.8 Å². The zero-order chi connectivity index (χ0) is 25.0. The highest BCUT2D eigenvalue weighted by Crippen LogP contribution is 2.49. The molecule has 1 aliphatic heterocycles. The molecular formula is C27H29BrN4O2. The van der Waals surface area contributed by atoms with Crippen LogP contribution in [0.4, 0.5) is 0 Å². The Bertz CT molecular complexity index is 1270. The van der Waals surface area contributed by atoms with E-state index < -0.39 is 11.8 Å². The first-order valence-electron chi connectivity index (χ1n) is 11.2. The van der Waals surface area contributed by atoms with Gasteiger partial charge in [0.15, 0.2) is 0 Å². The number of nitriles is 1. The largest absolute Gasteiger partial charge is 0.507 e. The fourth-order valence-electron chi connectivity index (χ4n) is 4.49. The predicted octanol–water partition coefficient (Wildman–Crippen LogP) is 6.78. The molecule has 2 heterocycles. The Morgan fingerprint density at radius 3 is 2.12 bits per heavy atom. The molecule has 0 radical (unpaired) electrons. The van der Waals surface area contributed by atoms with Gasteiger partial charge in [0.1, 0.15) is 11.7 Å². The second kappa shape index (κ2) is 8.28. The Balaban J connectivity index is 2.03. The van der Waals surface area contributed by atoms with Crippen LogP contribution in [-0.4, -0.2) is 21.2 Å². The Morgan fingerprint density at radius 2 is 1.62 bits per heavy atom. The van der Waals surface area contributed by atoms with Gasteiger partial charge >= 0.3 is 0 Å². The molecule has 0 saturated carbocycles. The van der Waals surface area contributed by atoms with Crippen LogP contribution in [0.3, 0.4) is 0 Å². The van der Waals surface area contributed by atoms with E-state index in [4.69, 9.17) is 10.1 Å². The van der Waals surface area contributed by atoms with E-state index in [0.29, 0.717) is 5.88 Å². The molecule has 0 saturated heterocycles. The summed E-state index contributed by atoms with van der Waals surface area (Å²) >= 11 is 3.48. The van der Waals surface area contributed by atoms with Crippen LogP contribution >= 0.6 is 15.9 Å². The molecule has 0 spiro atoms. The standard InChI is InChI=1S/C27H29BrN4O2/c1-26(2,3)18-11-15(12-19(23(18)33)27(4,5)6)20-17(13-29)24(30)34-25-21(20)22(31-32-25)14-7-9-16(28)10-8-14/h7-12,17,20,30,33H,1-6H3,(H,31,32). The highest BCUT2D eigenvalue weighted by atomic mass is 79.9. The molecule has 4 rings (SSSR count). The second-order valence-electron chi connectivity index (χ2n) is 10.8. The van der Waals surface area contributed by atoms with Crippen molar-refractivity contribution in [3.05, 3.63) is 63.1 Å². The lowest BCUT2D eigenvalue weighted by Gasteiger charge is -2.32. The number of rotatable bonds is 2. The second-order valence-corrected chi connectivity index (χ2v) is 11.8. The third-order valence-electron chi connectivity index (χ3n) is 6.28. The number of aromatic hydroxyl groups is 1. The van der Waals surface area contributed by atoms with Gasteiger partial charge in [0, 0.05) is 16.0 Å². The van der Waals surface area contributed by atoms with Crippen molar-refractivity contribution in [1.82, 2.24) is 10.2 Å². The summed E-state index contributed by atoms with van der Waals surface area (Å²) in [7, 11) is 0. The van der Waals surface area contributed by atoms with Crippen molar-refractivity contribution in [2.75, 3.05) is 0 Å². The highest BCUT2D eigenvalue weighted by molar-refractivity contribution is 9.10. The van der Waals surface area contributed by atoms with E-state index in [1.807, 2.05) is 36.4 Å². The number of fused-ring (bicyclic) bond motifs is 1. The van der Waals surface area contributed by atoms with Gasteiger partial charge in [0.05, 0.1) is 17.3 Å². The molecule has 34 heavy (non-hydrogen) atoms. The number of nitrogens with zero attached hydrogens (tertiary/aromatic N) is 2. The van der Waals surface area contributed by atoms with E-state index in [2.05, 4.69) is 73.7 Å². The molecule has 1 aromatic heterocycles. The minimum atomic E-state index is -0.829. The molecule has 0 aliphatic carbocycles. The Kier molecular flexibility index (Phi) is 5.85. The quantitative estimate of drug-likeness (QED) is 0.346. The van der Waals surface area contributed by atoms with Crippen molar-refractivity contribution in [1.29, 1.82) is 10.7 Å². The molecule has 176 valence electrons. The summed E-state index contributed by atoms with van der Waals surface area (Å²) in [5.74, 6) is -0.857. The van der Waals surface area contributed by atoms with Gasteiger partial charge in [-0.2, -0.15) is 5.26 Å². The average Bonchev–Trinajstić information content (AvgIpc) is 3.15.